The number of nitrogens with one attached hydrogen (secondary N) is 2. The normalized spacial score (nSPS) is 32.7. The van der Waals surface area contributed by atoms with E-state index in [4.69, 9.17) is 21.1 Å². The SMILES string of the molecule is C1CN2CCOC[C@H]2CN1.C[C@@H]1[C@@H](C)C/C=C/C(=O)[C@@H]2CC[C@H]2CN2C[C@@]3(CCCc4cc(Cl)ccc43)COc3ccc(cc32)C(=O)NS1(=O)=O. The van der Waals surface area contributed by atoms with Crippen LogP contribution in [0.5, 0.6) is 5.75 Å². The van der Waals surface area contributed by atoms with E-state index >= 15 is 0 Å². The van der Waals surface area contributed by atoms with E-state index in [2.05, 4.69) is 32.0 Å². The van der Waals surface area contributed by atoms with Gasteiger partial charge in [-0.25, -0.2) is 13.1 Å². The van der Waals surface area contributed by atoms with Crippen LogP contribution < -0.4 is 19.7 Å². The summed E-state index contributed by atoms with van der Waals surface area (Å²) in [6, 6.07) is 11.9. The number of rotatable bonds is 0. The molecule has 2 bridgehead atoms. The number of anilines is 1. The van der Waals surface area contributed by atoms with Gasteiger partial charge in [-0.3, -0.25) is 14.5 Å². The number of sulfonamides is 1. The standard InChI is InChI=1S/C32H37ClN2O5S.C7H14N2O/c1-20-5-3-7-29(36)26-11-8-24(26)17-35-18-32(14-4-6-22-15-25(33)10-12-27(22)32)19-40-30-13-9-23(16-28(30)35)31(37)34-41(38,39)21(20)2;1-2-9-3-4-10-6-7(9)5-8-1/h3,7,9-10,12-13,15-16,20-21,24,26H,4-6,8,11,14,17-19H2,1-2H3,(H,34,37);7-8H,1-6H2/b7-3+;/t20-,21+,24-,26+,32-;7-/m01/s1. The van der Waals surface area contributed by atoms with Crippen molar-refractivity contribution in [3.05, 3.63) is 70.3 Å². The van der Waals surface area contributed by atoms with Crippen molar-refractivity contribution in [1.82, 2.24) is 14.9 Å². The number of amides is 1. The van der Waals surface area contributed by atoms with Gasteiger partial charge in [0.05, 0.1) is 30.8 Å². The third kappa shape index (κ3) is 7.74. The number of nitrogens with zero attached hydrogens (tertiary/aromatic N) is 2. The molecule has 0 radical (unpaired) electrons. The first-order valence-corrected chi connectivity index (χ1v) is 20.5. The minimum Gasteiger partial charge on any atom is -0.490 e. The van der Waals surface area contributed by atoms with Crippen LogP contribution in [0, 0.1) is 17.8 Å². The molecule has 1 saturated carbocycles. The summed E-state index contributed by atoms with van der Waals surface area (Å²) in [7, 11) is -3.93. The van der Waals surface area contributed by atoms with Crippen molar-refractivity contribution in [2.75, 3.05) is 64.0 Å². The van der Waals surface area contributed by atoms with Crippen LogP contribution in [-0.4, -0.2) is 95.4 Å². The number of aryl methyl sites for hydroxylation is 1. The van der Waals surface area contributed by atoms with Crippen molar-refractivity contribution in [3.63, 3.8) is 0 Å². The van der Waals surface area contributed by atoms with E-state index in [1.54, 1.807) is 37.3 Å². The Hall–Kier alpha value is -2.96. The predicted molar refractivity (Wildman–Crippen MR) is 199 cm³/mol. The van der Waals surface area contributed by atoms with Crippen molar-refractivity contribution in [2.24, 2.45) is 17.8 Å². The summed E-state index contributed by atoms with van der Waals surface area (Å²) in [4.78, 5) is 31.3. The van der Waals surface area contributed by atoms with Crippen molar-refractivity contribution in [2.45, 2.75) is 69.1 Å². The van der Waals surface area contributed by atoms with Gasteiger partial charge < -0.3 is 19.7 Å². The highest BCUT2D eigenvalue weighted by Crippen LogP contribution is 2.46. The van der Waals surface area contributed by atoms with E-state index in [0.717, 1.165) is 75.7 Å². The Morgan fingerprint density at radius 2 is 1.92 bits per heavy atom. The van der Waals surface area contributed by atoms with E-state index in [0.29, 0.717) is 37.9 Å². The minimum absolute atomic E-state index is 0.0666. The Labute approximate surface area is 307 Å². The number of fused-ring (bicyclic) bond motifs is 5. The van der Waals surface area contributed by atoms with Crippen molar-refractivity contribution < 1.29 is 27.5 Å². The van der Waals surface area contributed by atoms with Crippen LogP contribution in [0.3, 0.4) is 0 Å². The lowest BCUT2D eigenvalue weighted by molar-refractivity contribution is -0.122. The summed E-state index contributed by atoms with van der Waals surface area (Å²) >= 11 is 6.37. The first kappa shape index (κ1) is 36.4. The minimum atomic E-state index is -3.93. The fraction of sp³-hybridized carbons (Fsp3) is 0.590. The van der Waals surface area contributed by atoms with Gasteiger partial charge in [0.1, 0.15) is 5.75 Å². The van der Waals surface area contributed by atoms with Gasteiger partial charge >= 0.3 is 0 Å². The molecular formula is C39H51ClN4O6S. The molecule has 4 aliphatic heterocycles. The summed E-state index contributed by atoms with van der Waals surface area (Å²) in [5.41, 5.74) is 3.22. The third-order valence-corrected chi connectivity index (χ3v) is 14.3. The number of morpholine rings is 1. The van der Waals surface area contributed by atoms with Crippen LogP contribution in [0.4, 0.5) is 5.69 Å². The van der Waals surface area contributed by atoms with Crippen LogP contribution in [0.15, 0.2) is 48.6 Å². The van der Waals surface area contributed by atoms with Crippen molar-refractivity contribution >= 4 is 39.0 Å². The van der Waals surface area contributed by atoms with Gasteiger partial charge in [0.15, 0.2) is 5.78 Å². The quantitative estimate of drug-likeness (QED) is 0.396. The van der Waals surface area contributed by atoms with E-state index in [1.807, 2.05) is 13.0 Å². The Bertz CT molecular complexity index is 1740. The van der Waals surface area contributed by atoms with E-state index in [1.165, 1.54) is 17.7 Å². The molecule has 2 aliphatic carbocycles. The molecule has 1 spiro atoms. The second kappa shape index (κ2) is 15.2. The third-order valence-electron chi connectivity index (χ3n) is 12.2. The van der Waals surface area contributed by atoms with Crippen LogP contribution in [0.2, 0.25) is 5.02 Å². The van der Waals surface area contributed by atoms with Crippen molar-refractivity contribution in [1.29, 1.82) is 0 Å². The Balaban J connectivity index is 0.000000347. The molecule has 8 rings (SSSR count). The van der Waals surface area contributed by atoms with Gasteiger partial charge in [0.25, 0.3) is 5.91 Å². The zero-order valence-corrected chi connectivity index (χ0v) is 31.3. The molecule has 2 N–H and O–H groups in total. The lowest BCUT2D eigenvalue weighted by Crippen LogP contribution is -2.56. The smallest absolute Gasteiger partial charge is 0.264 e. The molecule has 2 saturated heterocycles. The van der Waals surface area contributed by atoms with Gasteiger partial charge in [0, 0.05) is 67.2 Å². The largest absolute Gasteiger partial charge is 0.490 e. The maximum absolute atomic E-state index is 13.3. The highest BCUT2D eigenvalue weighted by atomic mass is 35.5. The molecule has 0 unspecified atom stereocenters. The second-order valence-corrected chi connectivity index (χ2v) is 17.9. The number of hydrogen-bond donors (Lipinski definition) is 2. The van der Waals surface area contributed by atoms with Gasteiger partial charge in [0.2, 0.25) is 10.0 Å². The summed E-state index contributed by atoms with van der Waals surface area (Å²) in [6.45, 7) is 11.7. The Morgan fingerprint density at radius 3 is 2.73 bits per heavy atom. The summed E-state index contributed by atoms with van der Waals surface area (Å²) < 4.78 is 40.4. The Morgan fingerprint density at radius 1 is 1.06 bits per heavy atom. The maximum Gasteiger partial charge on any atom is 0.264 e. The fourth-order valence-electron chi connectivity index (χ4n) is 8.66. The lowest BCUT2D eigenvalue weighted by atomic mass is 9.68. The highest BCUT2D eigenvalue weighted by molar-refractivity contribution is 7.90. The lowest BCUT2D eigenvalue weighted by Gasteiger charge is -2.44. The molecule has 6 atom stereocenters. The number of carbonyl (C=O) groups excluding carboxylic acids is 2. The number of hydrogen-bond acceptors (Lipinski definition) is 9. The molecular weight excluding hydrogens is 688 g/mol. The Kier molecular flexibility index (Phi) is 10.8. The number of benzene rings is 2. The molecule has 0 aromatic heterocycles. The van der Waals surface area contributed by atoms with Crippen LogP contribution in [0.1, 0.15) is 67.4 Å². The fourth-order valence-corrected chi connectivity index (χ4v) is 10.1. The maximum atomic E-state index is 13.3. The molecule has 276 valence electrons. The average Bonchev–Trinajstić information content (AvgIpc) is 3.26. The van der Waals surface area contributed by atoms with Gasteiger partial charge in [-0.05, 0) is 105 Å². The molecule has 2 aromatic carbocycles. The number of allylic oxidation sites excluding steroid dienone is 2. The summed E-state index contributed by atoms with van der Waals surface area (Å²) in [5.74, 6) is -0.0319. The molecule has 51 heavy (non-hydrogen) atoms. The van der Waals surface area contributed by atoms with E-state index in [9.17, 15) is 18.0 Å². The molecule has 12 heteroatoms. The van der Waals surface area contributed by atoms with Gasteiger partial charge in [-0.1, -0.05) is 30.7 Å². The second-order valence-electron chi connectivity index (χ2n) is 15.4. The topological polar surface area (TPSA) is 117 Å². The van der Waals surface area contributed by atoms with Gasteiger partial charge in [-0.2, -0.15) is 0 Å². The van der Waals surface area contributed by atoms with E-state index in [-0.39, 0.29) is 34.5 Å². The first-order valence-electron chi connectivity index (χ1n) is 18.6. The molecule has 4 heterocycles. The highest BCUT2D eigenvalue weighted by Gasteiger charge is 2.44. The predicted octanol–water partition coefficient (Wildman–Crippen LogP) is 4.74. The number of carbonyl (C=O) groups is 2. The summed E-state index contributed by atoms with van der Waals surface area (Å²) in [5, 5.41) is 3.28. The molecule has 6 aliphatic rings. The van der Waals surface area contributed by atoms with Crippen LogP contribution in [0.25, 0.3) is 0 Å². The van der Waals surface area contributed by atoms with Crippen LogP contribution in [-0.2, 0) is 31.4 Å². The summed E-state index contributed by atoms with van der Waals surface area (Å²) in [6.07, 6.45) is 8.60. The van der Waals surface area contributed by atoms with Crippen molar-refractivity contribution in [3.8, 4) is 5.75 Å². The number of piperazine rings is 1. The zero-order valence-electron chi connectivity index (χ0n) is 29.7. The number of ether oxygens (including phenoxy) is 2. The van der Waals surface area contributed by atoms with Gasteiger partial charge in [-0.15, -0.1) is 0 Å². The number of ketones is 1. The molecule has 1 amide bonds. The number of halogens is 1. The molecule has 3 fully saturated rings. The van der Waals surface area contributed by atoms with Crippen LogP contribution >= 0.6 is 11.6 Å². The zero-order chi connectivity index (χ0) is 35.8. The first-order chi connectivity index (χ1) is 24.5. The molecule has 10 nitrogen and oxygen atoms in total. The monoisotopic (exact) mass is 738 g/mol. The molecule has 2 aromatic rings. The van der Waals surface area contributed by atoms with E-state index < -0.39 is 21.2 Å². The average molecular weight is 739 g/mol.